The van der Waals surface area contributed by atoms with Crippen LogP contribution in [0.4, 0.5) is 0 Å². The highest BCUT2D eigenvalue weighted by molar-refractivity contribution is 7.93. The topological polar surface area (TPSA) is 75.3 Å². The molecule has 2 atom stereocenters. The first kappa shape index (κ1) is 21.7. The van der Waals surface area contributed by atoms with E-state index in [1.54, 1.807) is 0 Å². The van der Waals surface area contributed by atoms with Crippen LogP contribution in [0.3, 0.4) is 0 Å². The van der Waals surface area contributed by atoms with Crippen molar-refractivity contribution < 1.29 is 13.2 Å². The molecule has 2 N–H and O–H groups in total. The number of nitrogens with one attached hydrogen (secondary N) is 2. The summed E-state index contributed by atoms with van der Waals surface area (Å²) in [6.45, 7) is 6.01. The number of hydrogen-bond acceptors (Lipinski definition) is 4. The van der Waals surface area contributed by atoms with Gasteiger partial charge in [-0.15, -0.1) is 12.4 Å². The second-order valence-corrected chi connectivity index (χ2v) is 8.80. The highest BCUT2D eigenvalue weighted by Crippen LogP contribution is 2.29. The highest BCUT2D eigenvalue weighted by atomic mass is 35.5. The normalized spacial score (nSPS) is 19.3. The number of likely N-dealkylation sites (N-methyl/N-ethyl adjacent to an activating group) is 1. The largest absolute Gasteiger partial charge is 0.353 e. The average Bonchev–Trinajstić information content (AvgIpc) is 2.45. The molecule has 0 spiro atoms. The van der Waals surface area contributed by atoms with Crippen LogP contribution in [-0.4, -0.2) is 44.5 Å². The molecule has 0 aromatic rings. The van der Waals surface area contributed by atoms with Crippen LogP contribution in [0.25, 0.3) is 0 Å². The fraction of sp³-hybridized carbons (Fsp3) is 0.933. The summed E-state index contributed by atoms with van der Waals surface area (Å²) in [6.07, 6.45) is 4.40. The van der Waals surface area contributed by atoms with Crippen LogP contribution in [0.5, 0.6) is 0 Å². The van der Waals surface area contributed by atoms with Gasteiger partial charge in [-0.2, -0.15) is 0 Å². The molecule has 22 heavy (non-hydrogen) atoms. The summed E-state index contributed by atoms with van der Waals surface area (Å²) >= 11 is 0. The van der Waals surface area contributed by atoms with E-state index in [9.17, 15) is 13.2 Å². The van der Waals surface area contributed by atoms with Gasteiger partial charge in [-0.05, 0) is 32.7 Å². The number of carbonyl (C=O) groups excluding carboxylic acids is 1. The highest BCUT2D eigenvalue weighted by Gasteiger charge is 2.40. The van der Waals surface area contributed by atoms with Crippen LogP contribution in [0, 0.1) is 5.92 Å². The molecule has 7 heteroatoms. The summed E-state index contributed by atoms with van der Waals surface area (Å²) in [4.78, 5) is 12.4. The fourth-order valence-electron chi connectivity index (χ4n) is 2.89. The van der Waals surface area contributed by atoms with Crippen molar-refractivity contribution in [1.82, 2.24) is 10.6 Å². The molecule has 0 saturated heterocycles. The summed E-state index contributed by atoms with van der Waals surface area (Å²) in [5.74, 6) is -0.556. The van der Waals surface area contributed by atoms with Gasteiger partial charge >= 0.3 is 0 Å². The Labute approximate surface area is 141 Å². The molecule has 0 radical (unpaired) electrons. The second-order valence-electron chi connectivity index (χ2n) is 6.45. The monoisotopic (exact) mass is 354 g/mol. The van der Waals surface area contributed by atoms with Crippen molar-refractivity contribution >= 4 is 28.2 Å². The lowest BCUT2D eigenvalue weighted by Crippen LogP contribution is -2.49. The van der Waals surface area contributed by atoms with Crippen molar-refractivity contribution in [3.05, 3.63) is 0 Å². The van der Waals surface area contributed by atoms with Gasteiger partial charge in [0, 0.05) is 12.6 Å². The van der Waals surface area contributed by atoms with Gasteiger partial charge < -0.3 is 10.6 Å². The van der Waals surface area contributed by atoms with Crippen molar-refractivity contribution in [3.8, 4) is 0 Å². The van der Waals surface area contributed by atoms with Gasteiger partial charge in [0.1, 0.15) is 5.25 Å². The third-order valence-electron chi connectivity index (χ3n) is 4.31. The first-order chi connectivity index (χ1) is 9.80. The van der Waals surface area contributed by atoms with Gasteiger partial charge in [0.15, 0.2) is 9.84 Å². The third kappa shape index (κ3) is 5.70. The zero-order chi connectivity index (χ0) is 16.0. The molecule has 1 aliphatic carbocycles. The van der Waals surface area contributed by atoms with Crippen molar-refractivity contribution in [3.63, 3.8) is 0 Å². The van der Waals surface area contributed by atoms with E-state index in [1.807, 2.05) is 27.8 Å². The van der Waals surface area contributed by atoms with Crippen LogP contribution in [0.2, 0.25) is 0 Å². The molecule has 132 valence electrons. The van der Waals surface area contributed by atoms with Crippen LogP contribution < -0.4 is 10.6 Å². The molecule has 0 aromatic heterocycles. The molecule has 1 rings (SSSR count). The Morgan fingerprint density at radius 3 is 2.14 bits per heavy atom. The Kier molecular flexibility index (Phi) is 9.58. The van der Waals surface area contributed by atoms with E-state index in [-0.39, 0.29) is 35.5 Å². The molecule has 1 aliphatic rings. The van der Waals surface area contributed by atoms with Crippen molar-refractivity contribution in [2.75, 3.05) is 13.6 Å². The Bertz CT molecular complexity index is 434. The maximum Gasteiger partial charge on any atom is 0.238 e. The number of carbonyl (C=O) groups is 1. The summed E-state index contributed by atoms with van der Waals surface area (Å²) in [5.41, 5.74) is 0. The standard InChI is InChI=1S/C15H30N2O3S.ClH/c1-11(2)14(15(18)17-10-12(3)16-4)21(19,20)13-8-6-5-7-9-13;/h11-14,16H,5-10H2,1-4H3,(H,17,18);1H. The van der Waals surface area contributed by atoms with Gasteiger partial charge in [-0.3, -0.25) is 4.79 Å². The summed E-state index contributed by atoms with van der Waals surface area (Å²) in [6, 6.07) is 0.124. The van der Waals surface area contributed by atoms with Crippen molar-refractivity contribution in [1.29, 1.82) is 0 Å². The first-order valence-corrected chi connectivity index (χ1v) is 9.59. The lowest BCUT2D eigenvalue weighted by atomic mass is 10.0. The molecule has 5 nitrogen and oxygen atoms in total. The number of halogens is 1. The smallest absolute Gasteiger partial charge is 0.238 e. The van der Waals surface area contributed by atoms with E-state index in [4.69, 9.17) is 0 Å². The summed E-state index contributed by atoms with van der Waals surface area (Å²) < 4.78 is 25.6. The van der Waals surface area contributed by atoms with Gasteiger partial charge in [-0.1, -0.05) is 33.1 Å². The summed E-state index contributed by atoms with van der Waals surface area (Å²) in [5, 5.41) is 4.54. The molecule has 0 bridgehead atoms. The number of rotatable bonds is 7. The van der Waals surface area contributed by atoms with E-state index in [2.05, 4.69) is 10.6 Å². The van der Waals surface area contributed by atoms with E-state index in [1.165, 1.54) is 0 Å². The SMILES string of the molecule is CNC(C)CNC(=O)C(C(C)C)S(=O)(=O)C1CCCCC1.Cl. The van der Waals surface area contributed by atoms with Gasteiger partial charge in [0.05, 0.1) is 5.25 Å². The predicted octanol–water partition coefficient (Wildman–Crippen LogP) is 1.90. The predicted molar refractivity (Wildman–Crippen MR) is 93.2 cm³/mol. The number of amides is 1. The maximum atomic E-state index is 12.8. The second kappa shape index (κ2) is 9.73. The molecular weight excluding hydrogens is 324 g/mol. The van der Waals surface area contributed by atoms with E-state index >= 15 is 0 Å². The van der Waals surface area contributed by atoms with E-state index in [0.29, 0.717) is 19.4 Å². The first-order valence-electron chi connectivity index (χ1n) is 7.98. The third-order valence-corrected chi connectivity index (χ3v) is 7.18. The number of hydrogen-bond donors (Lipinski definition) is 2. The minimum Gasteiger partial charge on any atom is -0.353 e. The zero-order valence-corrected chi connectivity index (χ0v) is 15.7. The van der Waals surface area contributed by atoms with E-state index in [0.717, 1.165) is 19.3 Å². The van der Waals surface area contributed by atoms with Crippen LogP contribution in [0.15, 0.2) is 0 Å². The Morgan fingerprint density at radius 2 is 1.68 bits per heavy atom. The molecule has 0 aliphatic heterocycles. The molecule has 1 saturated carbocycles. The molecule has 0 heterocycles. The molecule has 0 aromatic carbocycles. The van der Waals surface area contributed by atoms with Crippen molar-refractivity contribution in [2.45, 2.75) is 69.4 Å². The molecule has 1 amide bonds. The van der Waals surface area contributed by atoms with Gasteiger partial charge in [0.25, 0.3) is 0 Å². The Balaban J connectivity index is 0.00000441. The van der Waals surface area contributed by atoms with Gasteiger partial charge in [0.2, 0.25) is 5.91 Å². The quantitative estimate of drug-likeness (QED) is 0.732. The van der Waals surface area contributed by atoms with Crippen LogP contribution >= 0.6 is 12.4 Å². The molecule has 1 fully saturated rings. The lowest BCUT2D eigenvalue weighted by Gasteiger charge is -2.28. The van der Waals surface area contributed by atoms with Crippen LogP contribution in [0.1, 0.15) is 52.9 Å². The lowest BCUT2D eigenvalue weighted by molar-refractivity contribution is -0.121. The van der Waals surface area contributed by atoms with E-state index < -0.39 is 15.1 Å². The van der Waals surface area contributed by atoms with Crippen molar-refractivity contribution in [2.24, 2.45) is 5.92 Å². The minimum absolute atomic E-state index is 0. The Hall–Kier alpha value is -0.330. The Morgan fingerprint density at radius 1 is 1.14 bits per heavy atom. The molecule has 2 unspecified atom stereocenters. The minimum atomic E-state index is -3.41. The van der Waals surface area contributed by atoms with Gasteiger partial charge in [-0.25, -0.2) is 8.42 Å². The summed E-state index contributed by atoms with van der Waals surface area (Å²) in [7, 11) is -1.59. The zero-order valence-electron chi connectivity index (χ0n) is 14.1. The number of sulfone groups is 1. The van der Waals surface area contributed by atoms with Crippen LogP contribution in [-0.2, 0) is 14.6 Å². The maximum absolute atomic E-state index is 12.8. The average molecular weight is 355 g/mol. The fourth-order valence-corrected chi connectivity index (χ4v) is 5.43. The molecular formula is C15H31ClN2O3S.